The number of amides is 1. The number of hydrogen-bond donors (Lipinski definition) is 0. The number of thioether (sulfide) groups is 1. The highest BCUT2D eigenvalue weighted by Crippen LogP contribution is 2.38. The zero-order valence-electron chi connectivity index (χ0n) is 16.3. The van der Waals surface area contributed by atoms with Crippen LogP contribution in [0.15, 0.2) is 53.0 Å². The first-order chi connectivity index (χ1) is 13.4. The molecule has 2 aromatic carbocycles. The van der Waals surface area contributed by atoms with E-state index in [1.807, 2.05) is 17.0 Å². The van der Waals surface area contributed by atoms with Gasteiger partial charge in [0, 0.05) is 29.9 Å². The number of benzene rings is 2. The Labute approximate surface area is 179 Å². The van der Waals surface area contributed by atoms with Crippen molar-refractivity contribution in [3.05, 3.63) is 69.9 Å². The molecule has 28 heavy (non-hydrogen) atoms. The summed E-state index contributed by atoms with van der Waals surface area (Å²) in [7, 11) is 0. The molecule has 0 N–H and O–H groups in total. The molecule has 1 amide bonds. The molecule has 1 fully saturated rings. The lowest BCUT2D eigenvalue weighted by Gasteiger charge is -2.29. The van der Waals surface area contributed by atoms with Gasteiger partial charge in [0.1, 0.15) is 11.2 Å². The van der Waals surface area contributed by atoms with Crippen LogP contribution in [0.25, 0.3) is 0 Å². The summed E-state index contributed by atoms with van der Waals surface area (Å²) in [4.78, 5) is 17.3. The minimum Gasteiger partial charge on any atom is -0.325 e. The molecule has 0 aromatic heterocycles. The third kappa shape index (κ3) is 5.82. The standard InChI is InChI=1S/C22H26BrFN2OS/c1-16(2)13-25(14-17-3-7-19(23)8-4-17)15-21(27)26-11-12-28-22(26)18-5-9-20(24)10-6-18/h3-10,16,22H,11-15H2,1-2H3/t22-/m1/s1. The van der Waals surface area contributed by atoms with Crippen LogP contribution in [0.3, 0.4) is 0 Å². The molecule has 0 unspecified atom stereocenters. The van der Waals surface area contributed by atoms with Gasteiger partial charge in [-0.15, -0.1) is 11.8 Å². The molecule has 3 nitrogen and oxygen atoms in total. The first kappa shape index (κ1) is 21.3. The van der Waals surface area contributed by atoms with Gasteiger partial charge in [-0.2, -0.15) is 0 Å². The van der Waals surface area contributed by atoms with E-state index in [9.17, 15) is 9.18 Å². The van der Waals surface area contributed by atoms with Crippen LogP contribution in [0.4, 0.5) is 4.39 Å². The maximum Gasteiger partial charge on any atom is 0.237 e. The SMILES string of the molecule is CC(C)CN(CC(=O)N1CCS[C@@H]1c1ccc(F)cc1)Cc1ccc(Br)cc1. The molecule has 6 heteroatoms. The second kappa shape index (κ2) is 9.90. The minimum absolute atomic E-state index is 0.0262. The normalized spacial score (nSPS) is 16.9. The fourth-order valence-electron chi connectivity index (χ4n) is 3.46. The Morgan fingerprint density at radius 2 is 1.89 bits per heavy atom. The van der Waals surface area contributed by atoms with Crippen molar-refractivity contribution in [3.63, 3.8) is 0 Å². The van der Waals surface area contributed by atoms with E-state index in [-0.39, 0.29) is 17.1 Å². The van der Waals surface area contributed by atoms with Gasteiger partial charge in [-0.3, -0.25) is 9.69 Å². The molecule has 0 spiro atoms. The van der Waals surface area contributed by atoms with Gasteiger partial charge < -0.3 is 4.90 Å². The van der Waals surface area contributed by atoms with Crippen LogP contribution in [-0.4, -0.2) is 41.1 Å². The van der Waals surface area contributed by atoms with Crippen LogP contribution in [0.5, 0.6) is 0 Å². The highest BCUT2D eigenvalue weighted by atomic mass is 79.9. The Hall–Kier alpha value is -1.37. The average Bonchev–Trinajstić information content (AvgIpc) is 3.13. The van der Waals surface area contributed by atoms with Crippen LogP contribution in [0.2, 0.25) is 0 Å². The quantitative estimate of drug-likeness (QED) is 0.553. The van der Waals surface area contributed by atoms with Gasteiger partial charge in [-0.1, -0.05) is 54.0 Å². The molecule has 0 bridgehead atoms. The van der Waals surface area contributed by atoms with Crippen LogP contribution < -0.4 is 0 Å². The monoisotopic (exact) mass is 464 g/mol. The van der Waals surface area contributed by atoms with E-state index in [0.29, 0.717) is 12.5 Å². The number of nitrogens with zero attached hydrogens (tertiary/aromatic N) is 2. The highest BCUT2D eigenvalue weighted by molar-refractivity contribution is 9.10. The Morgan fingerprint density at radius 3 is 2.54 bits per heavy atom. The predicted octanol–water partition coefficient (Wildman–Crippen LogP) is 5.32. The van der Waals surface area contributed by atoms with E-state index in [4.69, 9.17) is 0 Å². The summed E-state index contributed by atoms with van der Waals surface area (Å²) in [5.74, 6) is 1.27. The first-order valence-corrected chi connectivity index (χ1v) is 11.4. The van der Waals surface area contributed by atoms with Crippen LogP contribution >= 0.6 is 27.7 Å². The predicted molar refractivity (Wildman–Crippen MR) is 118 cm³/mol. The van der Waals surface area contributed by atoms with Crippen molar-refractivity contribution in [1.29, 1.82) is 0 Å². The lowest BCUT2D eigenvalue weighted by molar-refractivity contribution is -0.132. The molecule has 1 heterocycles. The van der Waals surface area contributed by atoms with Crippen molar-refractivity contribution >= 4 is 33.6 Å². The number of halogens is 2. The summed E-state index contributed by atoms with van der Waals surface area (Å²) in [5, 5.41) is -0.0262. The van der Waals surface area contributed by atoms with Crippen molar-refractivity contribution in [1.82, 2.24) is 9.80 Å². The molecule has 0 radical (unpaired) electrons. The molecule has 1 aliphatic rings. The van der Waals surface area contributed by atoms with Gasteiger partial charge >= 0.3 is 0 Å². The van der Waals surface area contributed by atoms with Gasteiger partial charge in [0.15, 0.2) is 0 Å². The topological polar surface area (TPSA) is 23.6 Å². The van der Waals surface area contributed by atoms with E-state index in [1.165, 1.54) is 17.7 Å². The molecule has 0 saturated carbocycles. The zero-order chi connectivity index (χ0) is 20.1. The molecule has 1 saturated heterocycles. The molecule has 2 aromatic rings. The summed E-state index contributed by atoms with van der Waals surface area (Å²) in [6.45, 7) is 7.09. The summed E-state index contributed by atoms with van der Waals surface area (Å²) in [5.41, 5.74) is 2.18. The smallest absolute Gasteiger partial charge is 0.237 e. The number of carbonyl (C=O) groups excluding carboxylic acids is 1. The third-order valence-electron chi connectivity index (χ3n) is 4.67. The second-order valence-corrected chi connectivity index (χ2v) is 9.66. The fraction of sp³-hybridized carbons (Fsp3) is 0.409. The van der Waals surface area contributed by atoms with Crippen molar-refractivity contribution in [2.45, 2.75) is 25.8 Å². The van der Waals surface area contributed by atoms with Gasteiger partial charge in [-0.25, -0.2) is 4.39 Å². The van der Waals surface area contributed by atoms with Crippen LogP contribution in [0, 0.1) is 11.7 Å². The zero-order valence-corrected chi connectivity index (χ0v) is 18.7. The van der Waals surface area contributed by atoms with E-state index in [1.54, 1.807) is 23.9 Å². The van der Waals surface area contributed by atoms with Gasteiger partial charge in [0.25, 0.3) is 0 Å². The molecule has 3 rings (SSSR count). The van der Waals surface area contributed by atoms with Gasteiger partial charge in [-0.05, 0) is 41.3 Å². The maximum absolute atomic E-state index is 13.3. The second-order valence-electron chi connectivity index (χ2n) is 7.55. The van der Waals surface area contributed by atoms with Crippen molar-refractivity contribution in [2.24, 2.45) is 5.92 Å². The Balaban J connectivity index is 1.69. The highest BCUT2D eigenvalue weighted by Gasteiger charge is 2.31. The van der Waals surface area contributed by atoms with E-state index >= 15 is 0 Å². The molecule has 1 atom stereocenters. The van der Waals surface area contributed by atoms with Crippen LogP contribution in [-0.2, 0) is 11.3 Å². The summed E-state index contributed by atoms with van der Waals surface area (Å²) in [6, 6.07) is 14.8. The Morgan fingerprint density at radius 1 is 1.21 bits per heavy atom. The minimum atomic E-state index is -0.248. The van der Waals surface area contributed by atoms with Crippen LogP contribution in [0.1, 0.15) is 30.3 Å². The number of hydrogen-bond acceptors (Lipinski definition) is 3. The Bertz CT molecular complexity index is 782. The van der Waals surface area contributed by atoms with Crippen molar-refractivity contribution in [2.75, 3.05) is 25.4 Å². The van der Waals surface area contributed by atoms with Gasteiger partial charge in [0.05, 0.1) is 6.54 Å². The lowest BCUT2D eigenvalue weighted by Crippen LogP contribution is -2.41. The van der Waals surface area contributed by atoms with E-state index < -0.39 is 0 Å². The average molecular weight is 465 g/mol. The van der Waals surface area contributed by atoms with Gasteiger partial charge in [0.2, 0.25) is 5.91 Å². The fourth-order valence-corrected chi connectivity index (χ4v) is 5.00. The van der Waals surface area contributed by atoms with Crippen molar-refractivity contribution in [3.8, 4) is 0 Å². The summed E-state index contributed by atoms with van der Waals surface area (Å²) in [6.07, 6.45) is 0. The first-order valence-electron chi connectivity index (χ1n) is 9.55. The molecular formula is C22H26BrFN2OS. The maximum atomic E-state index is 13.3. The summed E-state index contributed by atoms with van der Waals surface area (Å²) < 4.78 is 14.3. The summed E-state index contributed by atoms with van der Waals surface area (Å²) >= 11 is 5.21. The largest absolute Gasteiger partial charge is 0.325 e. The lowest BCUT2D eigenvalue weighted by atomic mass is 10.1. The number of carbonyl (C=O) groups is 1. The number of rotatable bonds is 7. The van der Waals surface area contributed by atoms with E-state index in [2.05, 4.69) is 46.8 Å². The molecule has 1 aliphatic heterocycles. The van der Waals surface area contributed by atoms with Crippen molar-refractivity contribution < 1.29 is 9.18 Å². The molecule has 0 aliphatic carbocycles. The third-order valence-corrected chi connectivity index (χ3v) is 6.46. The Kier molecular flexibility index (Phi) is 7.55. The molecule has 150 valence electrons. The molecular weight excluding hydrogens is 439 g/mol. The van der Waals surface area contributed by atoms with E-state index in [0.717, 1.165) is 35.4 Å².